The summed E-state index contributed by atoms with van der Waals surface area (Å²) >= 11 is 0. The summed E-state index contributed by atoms with van der Waals surface area (Å²) in [5.41, 5.74) is 0.960. The number of hydrogen-bond acceptors (Lipinski definition) is 4. The summed E-state index contributed by atoms with van der Waals surface area (Å²) in [6.45, 7) is 7.67. The van der Waals surface area contributed by atoms with Gasteiger partial charge in [-0.3, -0.25) is 4.79 Å². The van der Waals surface area contributed by atoms with Crippen LogP contribution in [0.3, 0.4) is 0 Å². The minimum Gasteiger partial charge on any atom is -0.400 e. The highest BCUT2D eigenvalue weighted by Crippen LogP contribution is 2.39. The van der Waals surface area contributed by atoms with Gasteiger partial charge in [-0.1, -0.05) is 42.5 Å². The van der Waals surface area contributed by atoms with Crippen molar-refractivity contribution in [3.8, 4) is 0 Å². The molecule has 1 heterocycles. The van der Waals surface area contributed by atoms with E-state index in [1.165, 1.54) is 0 Å². The van der Waals surface area contributed by atoms with Crippen molar-refractivity contribution in [3.05, 3.63) is 53.0 Å². The lowest BCUT2D eigenvalue weighted by atomic mass is 9.77. The van der Waals surface area contributed by atoms with Gasteiger partial charge in [0.15, 0.2) is 6.29 Å². The van der Waals surface area contributed by atoms with Gasteiger partial charge < -0.3 is 14.4 Å². The van der Waals surface area contributed by atoms with Gasteiger partial charge in [-0.2, -0.15) is 0 Å². The molecule has 2 aromatic carbocycles. The first kappa shape index (κ1) is 17.9. The van der Waals surface area contributed by atoms with Gasteiger partial charge in [-0.05, 0) is 49.5 Å². The third-order valence-corrected chi connectivity index (χ3v) is 5.20. The number of aldehydes is 1. The third-order valence-electron chi connectivity index (χ3n) is 5.20. The molecule has 1 N–H and O–H groups in total. The maximum atomic E-state index is 11.5. The average Bonchev–Trinajstić information content (AvgIpc) is 2.80. The Bertz CT molecular complexity index is 823. The summed E-state index contributed by atoms with van der Waals surface area (Å²) < 4.78 is 12.1. The molecule has 4 nitrogen and oxygen atoms in total. The van der Waals surface area contributed by atoms with Crippen molar-refractivity contribution in [1.82, 2.24) is 0 Å². The topological polar surface area (TPSA) is 55.8 Å². The number of aliphatic hydroxyl groups is 1. The predicted molar refractivity (Wildman–Crippen MR) is 100 cm³/mol. The second-order valence-corrected chi connectivity index (χ2v) is 7.37. The molecule has 1 aliphatic rings. The highest BCUT2D eigenvalue weighted by molar-refractivity contribution is 6.56. The van der Waals surface area contributed by atoms with Gasteiger partial charge in [-0.15, -0.1) is 0 Å². The molecular formula is C20H23BO4. The highest BCUT2D eigenvalue weighted by atomic mass is 16.7. The average molecular weight is 338 g/mol. The van der Waals surface area contributed by atoms with Crippen LogP contribution in [0.25, 0.3) is 16.8 Å². The molecular weight excluding hydrogens is 315 g/mol. The normalized spacial score (nSPS) is 19.4. The van der Waals surface area contributed by atoms with E-state index >= 15 is 0 Å². The Hall–Kier alpha value is -1.95. The molecule has 1 aliphatic heterocycles. The van der Waals surface area contributed by atoms with Crippen LogP contribution in [0.1, 0.15) is 43.6 Å². The fourth-order valence-electron chi connectivity index (χ4n) is 2.94. The van der Waals surface area contributed by atoms with Crippen LogP contribution >= 0.6 is 0 Å². The van der Waals surface area contributed by atoms with Crippen molar-refractivity contribution in [2.24, 2.45) is 0 Å². The van der Waals surface area contributed by atoms with Crippen LogP contribution in [0.15, 0.2) is 41.9 Å². The molecule has 0 aromatic heterocycles. The quantitative estimate of drug-likeness (QED) is 0.683. The number of carbonyl (C=O) groups excluding carboxylic acids is 1. The Morgan fingerprint density at radius 3 is 2.32 bits per heavy atom. The molecule has 25 heavy (non-hydrogen) atoms. The van der Waals surface area contributed by atoms with Crippen LogP contribution in [-0.4, -0.2) is 36.3 Å². The molecule has 0 radical (unpaired) electrons. The number of hydrogen-bond donors (Lipinski definition) is 1. The molecule has 1 saturated heterocycles. The van der Waals surface area contributed by atoms with Crippen molar-refractivity contribution in [2.75, 3.05) is 6.61 Å². The molecule has 0 amide bonds. The molecule has 0 spiro atoms. The van der Waals surface area contributed by atoms with E-state index in [0.29, 0.717) is 11.0 Å². The van der Waals surface area contributed by atoms with Crippen molar-refractivity contribution >= 4 is 30.3 Å². The molecule has 0 bridgehead atoms. The molecule has 3 rings (SSSR count). The van der Waals surface area contributed by atoms with Gasteiger partial charge in [0.05, 0.1) is 17.8 Å². The summed E-state index contributed by atoms with van der Waals surface area (Å²) in [7, 11) is -0.645. The molecule has 0 saturated carbocycles. The fourth-order valence-corrected chi connectivity index (χ4v) is 2.94. The first-order chi connectivity index (χ1) is 11.8. The van der Waals surface area contributed by atoms with E-state index in [2.05, 4.69) is 0 Å². The molecule has 0 unspecified atom stereocenters. The molecule has 0 atom stereocenters. The zero-order valence-electron chi connectivity index (χ0n) is 15.1. The zero-order valence-corrected chi connectivity index (χ0v) is 15.1. The predicted octanol–water partition coefficient (Wildman–Crippen LogP) is 3.66. The van der Waals surface area contributed by atoms with Crippen LogP contribution < -0.4 is 0 Å². The molecule has 130 valence electrons. The Morgan fingerprint density at radius 1 is 1.08 bits per heavy atom. The molecule has 5 heteroatoms. The summed E-state index contributed by atoms with van der Waals surface area (Å²) in [4.78, 5) is 11.5. The fraction of sp³-hybridized carbons (Fsp3) is 0.350. The third kappa shape index (κ3) is 3.15. The Kier molecular flexibility index (Phi) is 4.58. The minimum atomic E-state index is -0.645. The van der Waals surface area contributed by atoms with Crippen LogP contribution in [0.2, 0.25) is 0 Å². The monoisotopic (exact) mass is 338 g/mol. The van der Waals surface area contributed by atoms with Crippen molar-refractivity contribution in [2.45, 2.75) is 38.9 Å². The van der Waals surface area contributed by atoms with Crippen LogP contribution in [0.4, 0.5) is 0 Å². The largest absolute Gasteiger partial charge is 0.492 e. The summed E-state index contributed by atoms with van der Waals surface area (Å²) in [5.74, 6) is 0. The number of aliphatic hydroxyl groups excluding tert-OH is 1. The lowest BCUT2D eigenvalue weighted by Crippen LogP contribution is -2.41. The van der Waals surface area contributed by atoms with Gasteiger partial charge in [0.2, 0.25) is 0 Å². The van der Waals surface area contributed by atoms with Crippen molar-refractivity contribution in [1.29, 1.82) is 0 Å². The maximum Gasteiger partial charge on any atom is 0.492 e. The maximum absolute atomic E-state index is 11.5. The van der Waals surface area contributed by atoms with E-state index < -0.39 is 18.3 Å². The number of benzene rings is 2. The van der Waals surface area contributed by atoms with Crippen molar-refractivity contribution in [3.63, 3.8) is 0 Å². The standard InChI is InChI=1S/C20H23BO4/c1-19(2)20(3,4)25-21(24-19)16(13-23)11-18-15(12-22)10-9-14-7-5-6-8-17(14)18/h5-12,23H,13H2,1-4H3. The van der Waals surface area contributed by atoms with Crippen LogP contribution in [-0.2, 0) is 9.31 Å². The molecule has 1 fully saturated rings. The first-order valence-electron chi connectivity index (χ1n) is 8.43. The number of fused-ring (bicyclic) bond motifs is 1. The Labute approximate surface area is 148 Å². The second kappa shape index (κ2) is 6.41. The number of carbonyl (C=O) groups is 1. The lowest BCUT2D eigenvalue weighted by Gasteiger charge is -2.32. The summed E-state index contributed by atoms with van der Waals surface area (Å²) in [5, 5.41) is 11.9. The van der Waals surface area contributed by atoms with Gasteiger partial charge in [0, 0.05) is 5.56 Å². The van der Waals surface area contributed by atoms with E-state index in [1.807, 2.05) is 64.1 Å². The van der Waals surface area contributed by atoms with E-state index in [9.17, 15) is 9.90 Å². The van der Waals surface area contributed by atoms with E-state index in [0.717, 1.165) is 22.6 Å². The van der Waals surface area contributed by atoms with Crippen molar-refractivity contribution < 1.29 is 19.2 Å². The van der Waals surface area contributed by atoms with Crippen LogP contribution in [0.5, 0.6) is 0 Å². The first-order valence-corrected chi connectivity index (χ1v) is 8.43. The molecule has 2 aromatic rings. The van der Waals surface area contributed by atoms with Gasteiger partial charge in [0.1, 0.15) is 0 Å². The Morgan fingerprint density at radius 2 is 1.72 bits per heavy atom. The second-order valence-electron chi connectivity index (χ2n) is 7.37. The van der Waals surface area contributed by atoms with Crippen LogP contribution in [0, 0.1) is 0 Å². The van der Waals surface area contributed by atoms with E-state index in [4.69, 9.17) is 9.31 Å². The summed E-state index contributed by atoms with van der Waals surface area (Å²) in [6.07, 6.45) is 2.64. The molecule has 0 aliphatic carbocycles. The number of rotatable bonds is 4. The Balaban J connectivity index is 2.10. The summed E-state index contributed by atoms with van der Waals surface area (Å²) in [6, 6.07) is 11.6. The lowest BCUT2D eigenvalue weighted by molar-refractivity contribution is 0.00578. The zero-order chi connectivity index (χ0) is 18.2. The van der Waals surface area contributed by atoms with Gasteiger partial charge in [-0.25, -0.2) is 0 Å². The van der Waals surface area contributed by atoms with Gasteiger partial charge in [0.25, 0.3) is 0 Å². The minimum absolute atomic E-state index is 0.210. The highest BCUT2D eigenvalue weighted by Gasteiger charge is 2.52. The van der Waals surface area contributed by atoms with Gasteiger partial charge >= 0.3 is 7.12 Å². The SMILES string of the molecule is CC1(C)OB(C(=Cc2c(C=O)ccc3ccccc23)CO)OC1(C)C. The van der Waals surface area contributed by atoms with E-state index in [-0.39, 0.29) is 6.61 Å². The smallest absolute Gasteiger partial charge is 0.400 e. The van der Waals surface area contributed by atoms with E-state index in [1.54, 1.807) is 6.07 Å².